The molecule has 0 aliphatic rings. The average molecular weight is 372 g/mol. The van der Waals surface area contributed by atoms with Gasteiger partial charge in [0.05, 0.1) is 6.61 Å². The van der Waals surface area contributed by atoms with Crippen LogP contribution in [-0.4, -0.2) is 74.1 Å². The highest BCUT2D eigenvalue weighted by molar-refractivity contribution is 8.01. The van der Waals surface area contributed by atoms with E-state index in [1.165, 1.54) is 0 Å². The molecule has 10 heteroatoms. The Labute approximate surface area is 141 Å². The summed E-state index contributed by atoms with van der Waals surface area (Å²) >= 11 is 0. The summed E-state index contributed by atoms with van der Waals surface area (Å²) in [6.45, 7) is 1.04. The third kappa shape index (κ3) is 6.71. The van der Waals surface area contributed by atoms with Crippen molar-refractivity contribution in [1.29, 1.82) is 0 Å². The van der Waals surface area contributed by atoms with Crippen molar-refractivity contribution in [2.24, 2.45) is 0 Å². The molecule has 4 unspecified atom stereocenters. The van der Waals surface area contributed by atoms with Gasteiger partial charge >= 0.3 is 15.2 Å². The Hall–Kier alpha value is -0.620. The molecule has 0 aromatic carbocycles. The van der Waals surface area contributed by atoms with Gasteiger partial charge in [0.25, 0.3) is 0 Å². The maximum atomic E-state index is 11.8. The lowest BCUT2D eigenvalue weighted by molar-refractivity contribution is -0.170. The molecule has 0 amide bonds. The van der Waals surface area contributed by atoms with Gasteiger partial charge in [-0.2, -0.15) is 8.42 Å². The van der Waals surface area contributed by atoms with Crippen LogP contribution in [0.5, 0.6) is 0 Å². The van der Waals surface area contributed by atoms with Gasteiger partial charge in [-0.25, -0.2) is 0 Å². The molecule has 0 saturated carbocycles. The summed E-state index contributed by atoms with van der Waals surface area (Å²) in [5, 5.41) is 45.9. The summed E-state index contributed by atoms with van der Waals surface area (Å²) in [6, 6.07) is 0. The number of carbonyl (C=O) groups is 1. The van der Waals surface area contributed by atoms with Crippen molar-refractivity contribution in [3.63, 3.8) is 0 Å². The minimum absolute atomic E-state index is 0.153. The number of hydrogen-bond acceptors (Lipinski definition) is 8. The van der Waals surface area contributed by atoms with E-state index >= 15 is 0 Å². The first-order valence-electron chi connectivity index (χ1n) is 7.91. The molecule has 0 bridgehead atoms. The van der Waals surface area contributed by atoms with Gasteiger partial charge in [-0.15, -0.1) is 0 Å². The minimum atomic E-state index is -5.33. The van der Waals surface area contributed by atoms with Gasteiger partial charge in [0, 0.05) is 0 Å². The highest BCUT2D eigenvalue weighted by atomic mass is 32.2. The lowest BCUT2D eigenvalue weighted by atomic mass is 9.86. The van der Waals surface area contributed by atoms with Crippen LogP contribution in [0.3, 0.4) is 0 Å². The van der Waals surface area contributed by atoms with Crippen LogP contribution in [0.15, 0.2) is 0 Å². The standard InChI is InChI=1S/C14H28O9S/c1-2-3-4-5-6-7-8-14(20,13(19)24(21,22)23)12(18)11(17)10(16)9-15/h10-12,15-18,20H,2-9H2,1H3,(H,21,22,23). The Morgan fingerprint density at radius 1 is 1.04 bits per heavy atom. The van der Waals surface area contributed by atoms with Gasteiger partial charge in [0.2, 0.25) is 0 Å². The molecule has 24 heavy (non-hydrogen) atoms. The maximum Gasteiger partial charge on any atom is 0.331 e. The van der Waals surface area contributed by atoms with Crippen LogP contribution in [0.2, 0.25) is 0 Å². The number of rotatable bonds is 12. The van der Waals surface area contributed by atoms with Crippen molar-refractivity contribution in [2.45, 2.75) is 75.8 Å². The molecule has 4 atom stereocenters. The fourth-order valence-electron chi connectivity index (χ4n) is 2.37. The number of aliphatic hydroxyl groups excluding tert-OH is 4. The Balaban J connectivity index is 5.13. The largest absolute Gasteiger partial charge is 0.394 e. The molecular weight excluding hydrogens is 344 g/mol. The summed E-state index contributed by atoms with van der Waals surface area (Å²) in [5.41, 5.74) is -2.99. The summed E-state index contributed by atoms with van der Waals surface area (Å²) in [4.78, 5) is 11.8. The average Bonchev–Trinajstić information content (AvgIpc) is 2.53. The first-order chi connectivity index (χ1) is 11.0. The number of unbranched alkanes of at least 4 members (excludes halogenated alkanes) is 5. The SMILES string of the molecule is CCCCCCCCC(O)(C(=O)S(=O)(=O)O)C(O)C(O)C(O)CO. The van der Waals surface area contributed by atoms with E-state index in [1.54, 1.807) is 0 Å². The molecule has 0 aliphatic carbocycles. The number of aliphatic hydroxyl groups is 5. The van der Waals surface area contributed by atoms with Crippen LogP contribution in [0.25, 0.3) is 0 Å². The van der Waals surface area contributed by atoms with Gasteiger partial charge in [-0.05, 0) is 12.8 Å². The Bertz CT molecular complexity index is 479. The molecule has 0 aliphatic heterocycles. The fraction of sp³-hybridized carbons (Fsp3) is 0.929. The van der Waals surface area contributed by atoms with Crippen LogP contribution < -0.4 is 0 Å². The third-order valence-electron chi connectivity index (χ3n) is 3.89. The zero-order valence-electron chi connectivity index (χ0n) is 13.7. The van der Waals surface area contributed by atoms with Crippen molar-refractivity contribution in [3.8, 4) is 0 Å². The smallest absolute Gasteiger partial charge is 0.331 e. The molecule has 0 aromatic heterocycles. The second-order valence-corrected chi connectivity index (χ2v) is 7.21. The molecule has 0 heterocycles. The van der Waals surface area contributed by atoms with Crippen molar-refractivity contribution < 1.29 is 43.3 Å². The van der Waals surface area contributed by atoms with E-state index in [4.69, 9.17) is 9.66 Å². The Morgan fingerprint density at radius 3 is 2.00 bits per heavy atom. The molecule has 0 saturated heterocycles. The molecule has 144 valence electrons. The molecule has 0 spiro atoms. The van der Waals surface area contributed by atoms with Gasteiger partial charge in [-0.3, -0.25) is 9.35 Å². The molecule has 6 N–H and O–H groups in total. The van der Waals surface area contributed by atoms with Crippen LogP contribution >= 0.6 is 0 Å². The fourth-order valence-corrected chi connectivity index (χ4v) is 3.04. The molecule has 9 nitrogen and oxygen atoms in total. The molecule has 0 aromatic rings. The molecule has 0 rings (SSSR count). The summed E-state index contributed by atoms with van der Waals surface area (Å²) < 4.78 is 31.0. The van der Waals surface area contributed by atoms with Crippen LogP contribution in [0.4, 0.5) is 0 Å². The summed E-state index contributed by atoms with van der Waals surface area (Å²) in [7, 11) is -5.33. The minimum Gasteiger partial charge on any atom is -0.394 e. The maximum absolute atomic E-state index is 11.8. The molecular formula is C14H28O9S. The van der Waals surface area contributed by atoms with E-state index in [0.717, 1.165) is 25.7 Å². The van der Waals surface area contributed by atoms with Gasteiger partial charge in [-0.1, -0.05) is 39.0 Å². The predicted molar refractivity (Wildman–Crippen MR) is 84.6 cm³/mol. The topological polar surface area (TPSA) is 173 Å². The second kappa shape index (κ2) is 10.4. The first-order valence-corrected chi connectivity index (χ1v) is 9.35. The zero-order valence-corrected chi connectivity index (χ0v) is 14.5. The second-order valence-electron chi connectivity index (χ2n) is 5.89. The normalized spacial score (nSPS) is 18.6. The predicted octanol–water partition coefficient (Wildman–Crippen LogP) is -1.04. The first kappa shape index (κ1) is 23.4. The third-order valence-corrected chi connectivity index (χ3v) is 4.72. The van der Waals surface area contributed by atoms with E-state index in [0.29, 0.717) is 6.42 Å². The van der Waals surface area contributed by atoms with Crippen LogP contribution in [0.1, 0.15) is 51.9 Å². The molecule has 0 radical (unpaired) electrons. The van der Waals surface area contributed by atoms with E-state index in [2.05, 4.69) is 0 Å². The van der Waals surface area contributed by atoms with Crippen molar-refractivity contribution in [3.05, 3.63) is 0 Å². The van der Waals surface area contributed by atoms with Crippen LogP contribution in [0, 0.1) is 0 Å². The van der Waals surface area contributed by atoms with Crippen molar-refractivity contribution in [1.82, 2.24) is 0 Å². The highest BCUT2D eigenvalue weighted by Crippen LogP contribution is 2.26. The molecule has 0 fully saturated rings. The van der Waals surface area contributed by atoms with Crippen molar-refractivity contribution >= 4 is 15.2 Å². The van der Waals surface area contributed by atoms with Gasteiger partial charge in [0.15, 0.2) is 5.60 Å². The number of carbonyl (C=O) groups excluding carboxylic acids is 1. The lowest BCUT2D eigenvalue weighted by Crippen LogP contribution is -2.59. The van der Waals surface area contributed by atoms with Crippen molar-refractivity contribution in [2.75, 3.05) is 6.61 Å². The van der Waals surface area contributed by atoms with E-state index < -0.39 is 52.2 Å². The Kier molecular flexibility index (Phi) is 10.1. The summed E-state index contributed by atoms with van der Waals surface area (Å²) in [5.74, 6) is 0. The van der Waals surface area contributed by atoms with Gasteiger partial charge < -0.3 is 25.5 Å². The lowest BCUT2D eigenvalue weighted by Gasteiger charge is -2.34. The Morgan fingerprint density at radius 2 is 1.54 bits per heavy atom. The quantitative estimate of drug-likeness (QED) is 0.185. The van der Waals surface area contributed by atoms with Crippen LogP contribution in [-0.2, 0) is 14.9 Å². The monoisotopic (exact) mass is 372 g/mol. The zero-order chi connectivity index (χ0) is 19.0. The van der Waals surface area contributed by atoms with Gasteiger partial charge in [0.1, 0.15) is 18.3 Å². The highest BCUT2D eigenvalue weighted by Gasteiger charge is 2.52. The summed E-state index contributed by atoms with van der Waals surface area (Å²) in [6.07, 6.45) is -2.63. The van der Waals surface area contributed by atoms with E-state index in [1.807, 2.05) is 6.92 Å². The van der Waals surface area contributed by atoms with E-state index in [9.17, 15) is 33.6 Å². The number of hydrogen-bond donors (Lipinski definition) is 6. The van der Waals surface area contributed by atoms with E-state index in [-0.39, 0.29) is 6.42 Å².